The molecule has 0 radical (unpaired) electrons. The minimum Gasteiger partial charge on any atom is -0.465 e. The molecule has 8 atom stereocenters. The van der Waals surface area contributed by atoms with Crippen molar-refractivity contribution in [2.24, 2.45) is 45.8 Å². The van der Waals surface area contributed by atoms with Gasteiger partial charge in [0.05, 0.1) is 24.2 Å². The van der Waals surface area contributed by atoms with Gasteiger partial charge in [-0.05, 0) is 127 Å². The van der Waals surface area contributed by atoms with Crippen molar-refractivity contribution in [2.75, 3.05) is 44.8 Å². The van der Waals surface area contributed by atoms with Gasteiger partial charge < -0.3 is 15.0 Å². The Hall–Kier alpha value is -1.70. The first-order valence-corrected chi connectivity index (χ1v) is 20.2. The van der Waals surface area contributed by atoms with Crippen molar-refractivity contribution in [1.29, 1.82) is 0 Å². The zero-order valence-electron chi connectivity index (χ0n) is 29.1. The fourth-order valence-corrected chi connectivity index (χ4v) is 14.2. The lowest BCUT2D eigenvalue weighted by Crippen LogP contribution is -2.63. The summed E-state index contributed by atoms with van der Waals surface area (Å²) in [5.74, 6) is 4.23. The number of hydrogen-bond acceptors (Lipinski definition) is 6. The van der Waals surface area contributed by atoms with Gasteiger partial charge in [-0.25, -0.2) is 13.2 Å². The molecule has 5 aliphatic carbocycles. The van der Waals surface area contributed by atoms with Crippen LogP contribution >= 0.6 is 0 Å². The van der Waals surface area contributed by atoms with Crippen LogP contribution in [0.25, 0.3) is 5.57 Å². The zero-order chi connectivity index (χ0) is 32.5. The molecule has 0 bridgehead atoms. The van der Waals surface area contributed by atoms with Crippen LogP contribution in [0, 0.1) is 45.8 Å². The van der Waals surface area contributed by atoms with E-state index < -0.39 is 9.84 Å². The second-order valence-electron chi connectivity index (χ2n) is 17.2. The van der Waals surface area contributed by atoms with E-state index in [9.17, 15) is 13.2 Å². The van der Waals surface area contributed by atoms with E-state index in [1.165, 1.54) is 76.0 Å². The molecule has 5 fully saturated rings. The first kappa shape index (κ1) is 32.8. The summed E-state index contributed by atoms with van der Waals surface area (Å²) in [5, 5.41) is 4.15. The van der Waals surface area contributed by atoms with E-state index in [-0.39, 0.29) is 11.4 Å². The number of esters is 1. The van der Waals surface area contributed by atoms with Gasteiger partial charge in [0.25, 0.3) is 0 Å². The Morgan fingerprint density at radius 2 is 1.63 bits per heavy atom. The van der Waals surface area contributed by atoms with Gasteiger partial charge in [0.1, 0.15) is 0 Å². The van der Waals surface area contributed by atoms with Gasteiger partial charge >= 0.3 is 5.97 Å². The summed E-state index contributed by atoms with van der Waals surface area (Å²) in [6.45, 7) is 13.7. The smallest absolute Gasteiger partial charge is 0.337 e. The predicted molar refractivity (Wildman–Crippen MR) is 185 cm³/mol. The molecular weight excluding hydrogens is 593 g/mol. The molecule has 8 unspecified atom stereocenters. The van der Waals surface area contributed by atoms with Crippen LogP contribution in [0.5, 0.6) is 0 Å². The highest BCUT2D eigenvalue weighted by atomic mass is 32.2. The van der Waals surface area contributed by atoms with E-state index in [1.807, 2.05) is 12.1 Å². The number of carbonyl (C=O) groups excluding carboxylic acids is 1. The fraction of sp³-hybridized carbons (Fsp3) is 0.769. The number of hydrogen-bond donors (Lipinski definition) is 1. The Labute approximate surface area is 278 Å². The Balaban J connectivity index is 1.07. The molecule has 1 saturated heterocycles. The van der Waals surface area contributed by atoms with Crippen LogP contribution in [0.2, 0.25) is 0 Å². The van der Waals surface area contributed by atoms with E-state index in [1.54, 1.807) is 0 Å². The molecule has 1 aromatic rings. The fourth-order valence-electron chi connectivity index (χ4n) is 13.0. The monoisotopic (exact) mass is 650 g/mol. The lowest BCUT2D eigenvalue weighted by atomic mass is 9.37. The summed E-state index contributed by atoms with van der Waals surface area (Å²) in [6.07, 6.45) is 15.9. The Morgan fingerprint density at radius 1 is 0.891 bits per heavy atom. The number of ether oxygens (including phenoxy) is 1. The number of sulfone groups is 1. The zero-order valence-corrected chi connectivity index (χ0v) is 29.9. The SMILES string of the molecule is COC(=O)c1ccc(C2=CCC3(C)C(CCC4(C)C5CCC6(NCCN7CCS(=O)(=O)CC7)CCCC6C5CCC43)C2(C)C)cc1. The third kappa shape index (κ3) is 5.24. The summed E-state index contributed by atoms with van der Waals surface area (Å²) >= 11 is 0. The van der Waals surface area contributed by atoms with Crippen molar-refractivity contribution in [1.82, 2.24) is 10.2 Å². The Kier molecular flexibility index (Phi) is 8.37. The Bertz CT molecular complexity index is 1450. The minimum absolute atomic E-state index is 0.0770. The molecule has 1 aliphatic heterocycles. The number of rotatable bonds is 6. The summed E-state index contributed by atoms with van der Waals surface area (Å²) in [6, 6.07) is 8.10. The highest BCUT2D eigenvalue weighted by Crippen LogP contribution is 2.72. The quantitative estimate of drug-likeness (QED) is 0.334. The lowest BCUT2D eigenvalue weighted by Gasteiger charge is -2.68. The van der Waals surface area contributed by atoms with Crippen LogP contribution in [0.4, 0.5) is 0 Å². The topological polar surface area (TPSA) is 75.7 Å². The maximum Gasteiger partial charge on any atom is 0.337 e. The largest absolute Gasteiger partial charge is 0.465 e. The van der Waals surface area contributed by atoms with Crippen LogP contribution < -0.4 is 5.32 Å². The third-order valence-electron chi connectivity index (χ3n) is 15.0. The van der Waals surface area contributed by atoms with Gasteiger partial charge in [0.15, 0.2) is 9.84 Å². The molecule has 1 N–H and O–H groups in total. The van der Waals surface area contributed by atoms with E-state index in [0.29, 0.717) is 52.4 Å². The summed E-state index contributed by atoms with van der Waals surface area (Å²) < 4.78 is 28.8. The average Bonchev–Trinajstić information content (AvgIpc) is 3.46. The summed E-state index contributed by atoms with van der Waals surface area (Å²) in [7, 11) is -1.38. The van der Waals surface area contributed by atoms with Gasteiger partial charge in [0.2, 0.25) is 0 Å². The molecule has 6 aliphatic rings. The number of methoxy groups -OCH3 is 1. The average molecular weight is 651 g/mol. The second kappa shape index (κ2) is 11.7. The van der Waals surface area contributed by atoms with Gasteiger partial charge in [0, 0.05) is 31.7 Å². The van der Waals surface area contributed by atoms with Crippen molar-refractivity contribution in [2.45, 2.75) is 97.4 Å². The lowest BCUT2D eigenvalue weighted by molar-refractivity contribution is -0.172. The molecule has 7 heteroatoms. The maximum absolute atomic E-state index is 12.1. The number of nitrogens with one attached hydrogen (secondary N) is 1. The van der Waals surface area contributed by atoms with Crippen LogP contribution in [0.15, 0.2) is 30.3 Å². The van der Waals surface area contributed by atoms with Gasteiger partial charge in [-0.3, -0.25) is 0 Å². The maximum atomic E-state index is 12.1. The molecule has 7 rings (SSSR count). The summed E-state index contributed by atoms with van der Waals surface area (Å²) in [5.41, 5.74) is 4.40. The molecule has 0 spiro atoms. The van der Waals surface area contributed by atoms with Crippen LogP contribution in [0.3, 0.4) is 0 Å². The van der Waals surface area contributed by atoms with Crippen molar-refractivity contribution in [3.8, 4) is 0 Å². The molecule has 1 aromatic carbocycles. The van der Waals surface area contributed by atoms with Gasteiger partial charge in [-0.1, -0.05) is 52.3 Å². The molecule has 4 saturated carbocycles. The number of allylic oxidation sites excluding steroid dienone is 2. The normalized spacial score (nSPS) is 41.3. The van der Waals surface area contributed by atoms with Crippen molar-refractivity contribution in [3.05, 3.63) is 41.5 Å². The van der Waals surface area contributed by atoms with Gasteiger partial charge in [-0.2, -0.15) is 0 Å². The molecule has 6 nitrogen and oxygen atoms in total. The van der Waals surface area contributed by atoms with E-state index in [0.717, 1.165) is 43.2 Å². The standard InChI is InChI=1S/C39H58N2O4S/c1-36(2)30(27-8-10-28(11-9-27)35(42)45-5)14-18-38(4)33(36)16-19-37(3)31-15-20-39(17-6-7-32(39)29(31)12-13-34(37)38)40-21-22-41-23-25-46(43,44)26-24-41/h8-11,14,29,31-34,40H,6-7,12-13,15-26H2,1-5H3. The van der Waals surface area contributed by atoms with E-state index in [4.69, 9.17) is 4.74 Å². The van der Waals surface area contributed by atoms with Crippen molar-refractivity contribution < 1.29 is 17.9 Å². The van der Waals surface area contributed by atoms with E-state index >= 15 is 0 Å². The second-order valence-corrected chi connectivity index (χ2v) is 19.5. The molecule has 1 heterocycles. The number of carbonyl (C=O) groups is 1. The van der Waals surface area contributed by atoms with Crippen LogP contribution in [0.1, 0.15) is 108 Å². The molecule has 254 valence electrons. The first-order chi connectivity index (χ1) is 21.8. The minimum atomic E-state index is -2.82. The first-order valence-electron chi connectivity index (χ1n) is 18.4. The number of fused-ring (bicyclic) bond motifs is 7. The molecular formula is C39H58N2O4S. The van der Waals surface area contributed by atoms with Crippen molar-refractivity contribution in [3.63, 3.8) is 0 Å². The highest BCUT2D eigenvalue weighted by molar-refractivity contribution is 7.91. The molecule has 0 aromatic heterocycles. The summed E-state index contributed by atoms with van der Waals surface area (Å²) in [4.78, 5) is 14.4. The third-order valence-corrected chi connectivity index (χ3v) is 16.7. The van der Waals surface area contributed by atoms with Crippen molar-refractivity contribution >= 4 is 21.4 Å². The number of nitrogens with zero attached hydrogens (tertiary/aromatic N) is 1. The molecule has 0 amide bonds. The van der Waals surface area contributed by atoms with E-state index in [2.05, 4.69) is 56.1 Å². The van der Waals surface area contributed by atoms with Gasteiger partial charge in [-0.15, -0.1) is 0 Å². The van der Waals surface area contributed by atoms with Crippen LogP contribution in [-0.4, -0.2) is 69.6 Å². The molecule has 46 heavy (non-hydrogen) atoms. The number of benzene rings is 1. The highest BCUT2D eigenvalue weighted by Gasteiger charge is 2.65. The predicted octanol–water partition coefficient (Wildman–Crippen LogP) is 7.00. The Morgan fingerprint density at radius 3 is 2.35 bits per heavy atom. The van der Waals surface area contributed by atoms with Crippen LogP contribution in [-0.2, 0) is 14.6 Å².